The third-order valence-electron chi connectivity index (χ3n) is 4.41. The minimum absolute atomic E-state index is 0.300. The first-order chi connectivity index (χ1) is 11.0. The lowest BCUT2D eigenvalue weighted by Crippen LogP contribution is -2.24. The minimum Gasteiger partial charge on any atom is -0.349 e. The van der Waals surface area contributed by atoms with E-state index >= 15 is 0 Å². The minimum atomic E-state index is -0.834. The number of halogens is 2. The summed E-state index contributed by atoms with van der Waals surface area (Å²) in [7, 11) is 0. The number of hydrogen-bond donors (Lipinski definition) is 1. The molecule has 0 heterocycles. The lowest BCUT2D eigenvalue weighted by atomic mass is 9.92. The summed E-state index contributed by atoms with van der Waals surface area (Å²) in [5.74, 6) is -1.28. The van der Waals surface area contributed by atoms with Crippen molar-refractivity contribution < 1.29 is 8.78 Å². The van der Waals surface area contributed by atoms with Crippen LogP contribution in [-0.4, -0.2) is 4.99 Å². The van der Waals surface area contributed by atoms with Gasteiger partial charge in [-0.3, -0.25) is 0 Å². The Morgan fingerprint density at radius 3 is 2.74 bits per heavy atom. The quantitative estimate of drug-likeness (QED) is 0.613. The normalized spacial score (nSPS) is 17.3. The Labute approximate surface area is 140 Å². The molecule has 2 aliphatic carbocycles. The van der Waals surface area contributed by atoms with Gasteiger partial charge in [-0.15, -0.1) is 5.73 Å². The van der Waals surface area contributed by atoms with E-state index in [1.54, 1.807) is 6.07 Å². The lowest BCUT2D eigenvalue weighted by Gasteiger charge is -2.21. The summed E-state index contributed by atoms with van der Waals surface area (Å²) in [5.41, 5.74) is 6.77. The molecule has 0 aliphatic heterocycles. The molecule has 1 saturated carbocycles. The number of hydrogen-bond acceptors (Lipinski definition) is 1. The van der Waals surface area contributed by atoms with Gasteiger partial charge in [0.1, 0.15) is 0 Å². The second-order valence-corrected chi connectivity index (χ2v) is 6.48. The van der Waals surface area contributed by atoms with E-state index in [-0.39, 0.29) is 0 Å². The van der Waals surface area contributed by atoms with Crippen molar-refractivity contribution in [1.82, 2.24) is 5.32 Å². The number of thiocarbonyl (C=S) groups is 1. The van der Waals surface area contributed by atoms with Gasteiger partial charge in [-0.25, -0.2) is 8.78 Å². The molecule has 0 aromatic heterocycles. The van der Waals surface area contributed by atoms with Gasteiger partial charge in [0, 0.05) is 11.5 Å². The standard InChI is InChI=1S/C19H19F2NS/c1-3-12-5-4-6-13-9-10-15(20)17(21)16(13)18(11(12)2)22-19(23)14-7-8-14/h4,9-10,14H,3,6-8H2,1-2H3,(H,22,23). The van der Waals surface area contributed by atoms with E-state index in [2.05, 4.69) is 11.0 Å². The summed E-state index contributed by atoms with van der Waals surface area (Å²) < 4.78 is 28.4. The van der Waals surface area contributed by atoms with Crippen LogP contribution in [0.2, 0.25) is 0 Å². The Morgan fingerprint density at radius 1 is 1.35 bits per heavy atom. The molecule has 1 N–H and O–H groups in total. The van der Waals surface area contributed by atoms with Crippen LogP contribution in [0.25, 0.3) is 5.70 Å². The molecule has 0 spiro atoms. The van der Waals surface area contributed by atoms with Gasteiger partial charge < -0.3 is 5.32 Å². The van der Waals surface area contributed by atoms with Crippen LogP contribution in [0.5, 0.6) is 0 Å². The molecule has 3 rings (SSSR count). The van der Waals surface area contributed by atoms with E-state index < -0.39 is 11.6 Å². The fourth-order valence-corrected chi connectivity index (χ4v) is 3.19. The summed E-state index contributed by atoms with van der Waals surface area (Å²) in [6, 6.07) is 2.82. The highest BCUT2D eigenvalue weighted by molar-refractivity contribution is 7.80. The maximum atomic E-state index is 14.6. The maximum absolute atomic E-state index is 14.6. The first-order valence-corrected chi connectivity index (χ1v) is 8.37. The summed E-state index contributed by atoms with van der Waals surface area (Å²) in [6.07, 6.45) is 5.30. The lowest BCUT2D eigenvalue weighted by molar-refractivity contribution is 0.504. The highest BCUT2D eigenvalue weighted by atomic mass is 32.1. The predicted molar refractivity (Wildman–Crippen MR) is 93.0 cm³/mol. The third kappa shape index (κ3) is 3.15. The Balaban J connectivity index is 2.19. The number of rotatable bonds is 3. The van der Waals surface area contributed by atoms with E-state index in [4.69, 9.17) is 12.2 Å². The zero-order chi connectivity index (χ0) is 16.6. The molecule has 0 amide bonds. The van der Waals surface area contributed by atoms with Gasteiger partial charge in [0.15, 0.2) is 11.6 Å². The van der Waals surface area contributed by atoms with E-state index in [1.165, 1.54) is 6.07 Å². The fraction of sp³-hybridized carbons (Fsp3) is 0.368. The van der Waals surface area contributed by atoms with Crippen molar-refractivity contribution in [3.63, 3.8) is 0 Å². The van der Waals surface area contributed by atoms with Gasteiger partial charge in [0.05, 0.1) is 10.7 Å². The van der Waals surface area contributed by atoms with Crippen LogP contribution in [0.4, 0.5) is 8.78 Å². The van der Waals surface area contributed by atoms with Crippen LogP contribution in [-0.2, 0) is 6.42 Å². The van der Waals surface area contributed by atoms with Crippen molar-refractivity contribution in [2.75, 3.05) is 0 Å². The summed E-state index contributed by atoms with van der Waals surface area (Å²) in [4.78, 5) is 0.717. The highest BCUT2D eigenvalue weighted by Gasteiger charge is 2.29. The molecule has 4 heteroatoms. The van der Waals surface area contributed by atoms with Gasteiger partial charge in [-0.1, -0.05) is 25.2 Å². The highest BCUT2D eigenvalue weighted by Crippen LogP contribution is 2.34. The molecule has 1 fully saturated rings. The smallest absolute Gasteiger partial charge is 0.168 e. The van der Waals surface area contributed by atoms with E-state index in [0.29, 0.717) is 28.6 Å². The summed E-state index contributed by atoms with van der Waals surface area (Å²) >= 11 is 5.43. The summed E-state index contributed by atoms with van der Waals surface area (Å²) in [5, 5.41) is 3.22. The SMILES string of the molecule is CCC1=C=CCc2ccc(F)c(F)c2C(NC(=S)C2CC2)=C1C. The molecule has 0 radical (unpaired) electrons. The van der Waals surface area contributed by atoms with E-state index in [9.17, 15) is 8.78 Å². The van der Waals surface area contributed by atoms with Crippen molar-refractivity contribution in [1.29, 1.82) is 0 Å². The molecular weight excluding hydrogens is 312 g/mol. The van der Waals surface area contributed by atoms with Crippen LogP contribution in [0.1, 0.15) is 44.2 Å². The first-order valence-electron chi connectivity index (χ1n) is 7.96. The summed E-state index contributed by atoms with van der Waals surface area (Å²) in [6.45, 7) is 3.94. The average Bonchev–Trinajstić information content (AvgIpc) is 3.36. The molecule has 1 nitrogen and oxygen atoms in total. The van der Waals surface area contributed by atoms with Gasteiger partial charge >= 0.3 is 0 Å². The van der Waals surface area contributed by atoms with E-state index in [0.717, 1.165) is 36.0 Å². The van der Waals surface area contributed by atoms with Crippen molar-refractivity contribution in [2.45, 2.75) is 39.5 Å². The van der Waals surface area contributed by atoms with Crippen LogP contribution >= 0.6 is 12.2 Å². The van der Waals surface area contributed by atoms with Crippen LogP contribution in [0.3, 0.4) is 0 Å². The predicted octanol–water partition coefficient (Wildman–Crippen LogP) is 5.07. The molecule has 2 aliphatic rings. The van der Waals surface area contributed by atoms with Crippen LogP contribution in [0.15, 0.2) is 35.1 Å². The van der Waals surface area contributed by atoms with Crippen molar-refractivity contribution in [3.05, 3.63) is 57.8 Å². The van der Waals surface area contributed by atoms with Crippen LogP contribution in [0, 0.1) is 17.6 Å². The fourth-order valence-electron chi connectivity index (χ4n) is 2.86. The second kappa shape index (κ2) is 6.38. The second-order valence-electron chi connectivity index (χ2n) is 6.04. The van der Waals surface area contributed by atoms with Crippen molar-refractivity contribution in [2.24, 2.45) is 5.92 Å². The number of nitrogens with one attached hydrogen (secondary N) is 1. The Bertz CT molecular complexity index is 766. The van der Waals surface area contributed by atoms with E-state index in [1.807, 2.05) is 19.9 Å². The topological polar surface area (TPSA) is 12.0 Å². The molecule has 1 aromatic carbocycles. The third-order valence-corrected chi connectivity index (χ3v) is 4.84. The molecule has 120 valence electrons. The Morgan fingerprint density at radius 2 is 2.09 bits per heavy atom. The largest absolute Gasteiger partial charge is 0.349 e. The molecule has 0 atom stereocenters. The Hall–Kier alpha value is -1.77. The number of allylic oxidation sites excluding steroid dienone is 2. The molecule has 0 unspecified atom stereocenters. The van der Waals surface area contributed by atoms with Gasteiger partial charge in [0.2, 0.25) is 0 Å². The zero-order valence-electron chi connectivity index (χ0n) is 13.3. The van der Waals surface area contributed by atoms with Gasteiger partial charge in [-0.2, -0.15) is 0 Å². The molecule has 23 heavy (non-hydrogen) atoms. The van der Waals surface area contributed by atoms with Gasteiger partial charge in [0.25, 0.3) is 0 Å². The molecular formula is C19H19F2NS. The van der Waals surface area contributed by atoms with Crippen molar-refractivity contribution >= 4 is 22.9 Å². The van der Waals surface area contributed by atoms with Crippen molar-refractivity contribution in [3.8, 4) is 0 Å². The maximum Gasteiger partial charge on any atom is 0.168 e. The van der Waals surface area contributed by atoms with Crippen LogP contribution < -0.4 is 5.32 Å². The number of fused-ring (bicyclic) bond motifs is 1. The molecule has 1 aromatic rings. The zero-order valence-corrected chi connectivity index (χ0v) is 14.1. The monoisotopic (exact) mass is 331 g/mol. The Kier molecular flexibility index (Phi) is 4.47. The molecule has 0 saturated heterocycles. The first kappa shape index (κ1) is 16.1. The number of benzene rings is 1. The average molecular weight is 331 g/mol. The van der Waals surface area contributed by atoms with Gasteiger partial charge in [-0.05, 0) is 61.5 Å². The molecule has 0 bridgehead atoms.